The SMILES string of the molecule is C1=CN2B3C=C(c4nc(-c5ccncc5)nc(-c5ccncc5)n4)C=CN3B3C=C(c4cccc(-c5ccccc5)c4)C=CN3B2C(c2ccccc2)=C1. The highest BCUT2D eigenvalue weighted by Crippen LogP contribution is 2.38. The maximum Gasteiger partial charge on any atom is 0.388 e. The summed E-state index contributed by atoms with van der Waals surface area (Å²) in [6.45, 7) is -0.261. The molecule has 0 bridgehead atoms. The maximum atomic E-state index is 5.04. The average Bonchev–Trinajstić information content (AvgIpc) is 3.27. The van der Waals surface area contributed by atoms with Gasteiger partial charge in [0.05, 0.1) is 0 Å². The van der Waals surface area contributed by atoms with Crippen molar-refractivity contribution in [3.63, 3.8) is 0 Å². The summed E-state index contributed by atoms with van der Waals surface area (Å²) in [6, 6.07) is 37.8. The van der Waals surface area contributed by atoms with Crippen molar-refractivity contribution in [1.82, 2.24) is 39.1 Å². The Morgan fingerprint density at radius 2 is 0.963 bits per heavy atom. The van der Waals surface area contributed by atoms with Gasteiger partial charge in [-0.25, -0.2) is 15.0 Å². The third-order valence-corrected chi connectivity index (χ3v) is 10.3. The van der Waals surface area contributed by atoms with E-state index in [4.69, 9.17) is 15.0 Å². The van der Waals surface area contributed by atoms with Crippen LogP contribution in [0.2, 0.25) is 0 Å². The molecule has 0 unspecified atom stereocenters. The maximum absolute atomic E-state index is 5.04. The zero-order valence-electron chi connectivity index (χ0n) is 29.2. The van der Waals surface area contributed by atoms with Gasteiger partial charge in [0, 0.05) is 41.5 Å². The Morgan fingerprint density at radius 3 is 1.65 bits per heavy atom. The zero-order chi connectivity index (χ0) is 35.8. The van der Waals surface area contributed by atoms with Crippen molar-refractivity contribution < 1.29 is 0 Å². The normalized spacial score (nSPS) is 15.7. The Balaban J connectivity index is 1.08. The van der Waals surface area contributed by atoms with Crippen LogP contribution in [-0.4, -0.2) is 60.0 Å². The molecule has 3 aromatic carbocycles. The monoisotopic (exact) mass is 692 g/mol. The molecule has 8 nitrogen and oxygen atoms in total. The Bertz CT molecular complexity index is 2480. The topological polar surface area (TPSA) is 74.2 Å². The van der Waals surface area contributed by atoms with Crippen LogP contribution in [-0.2, 0) is 0 Å². The lowest BCUT2D eigenvalue weighted by Gasteiger charge is -2.55. The van der Waals surface area contributed by atoms with Crippen molar-refractivity contribution in [3.05, 3.63) is 206 Å². The number of fused-ring (bicyclic) bond motifs is 6. The van der Waals surface area contributed by atoms with Gasteiger partial charge in [-0.1, -0.05) is 96.9 Å². The summed E-state index contributed by atoms with van der Waals surface area (Å²) < 4.78 is 7.30. The number of hydrogen-bond acceptors (Lipinski definition) is 8. The van der Waals surface area contributed by atoms with E-state index in [1.807, 2.05) is 24.3 Å². The Hall–Kier alpha value is -7.00. The van der Waals surface area contributed by atoms with E-state index in [2.05, 4.69) is 164 Å². The molecule has 0 radical (unpaired) electrons. The van der Waals surface area contributed by atoms with Gasteiger partial charge < -0.3 is 14.2 Å². The van der Waals surface area contributed by atoms with E-state index in [0.717, 1.165) is 16.7 Å². The minimum atomic E-state index is -0.134. The van der Waals surface area contributed by atoms with Crippen LogP contribution in [0.5, 0.6) is 0 Å². The molecule has 252 valence electrons. The Labute approximate surface area is 315 Å². The van der Waals surface area contributed by atoms with Gasteiger partial charge in [-0.3, -0.25) is 9.97 Å². The molecule has 3 aromatic heterocycles. The molecular weight excluding hydrogens is 661 g/mol. The highest BCUT2D eigenvalue weighted by Gasteiger charge is 2.53. The van der Waals surface area contributed by atoms with Gasteiger partial charge in [0.15, 0.2) is 17.5 Å². The molecular formula is C43H31B3N8. The molecule has 0 spiro atoms. The van der Waals surface area contributed by atoms with Crippen molar-refractivity contribution >= 4 is 37.6 Å². The number of nitrogens with zero attached hydrogens (tertiary/aromatic N) is 8. The highest BCUT2D eigenvalue weighted by molar-refractivity contribution is 6.97. The first-order chi connectivity index (χ1) is 26.8. The minimum absolute atomic E-state index is 0.0597. The molecule has 7 heterocycles. The van der Waals surface area contributed by atoms with Crippen molar-refractivity contribution in [3.8, 4) is 33.9 Å². The summed E-state index contributed by atoms with van der Waals surface area (Å²) in [4.78, 5) is 23.4. The molecule has 1 saturated heterocycles. The molecule has 54 heavy (non-hydrogen) atoms. The molecule has 4 aliphatic rings. The summed E-state index contributed by atoms with van der Waals surface area (Å²) in [6.07, 6.45) is 22.5. The van der Waals surface area contributed by atoms with E-state index in [1.54, 1.807) is 24.8 Å². The molecule has 10 rings (SSSR count). The van der Waals surface area contributed by atoms with Crippen molar-refractivity contribution in [1.29, 1.82) is 0 Å². The number of hydrogen-bond donors (Lipinski definition) is 0. The standard InChI is InChI=1S/C43H31B3N8/c1-3-9-32(10-4-1)36-13-7-14-37(29-36)38-20-28-54-44(30-38)52-27-21-39(31-45(52)53-26-8-15-40(46(53)54)33-11-5-2-6-12-33)43-50-41(34-16-22-47-23-17-34)49-42(51-43)35-18-24-48-25-19-35/h1-31H. The first-order valence-electron chi connectivity index (χ1n) is 18.1. The summed E-state index contributed by atoms with van der Waals surface area (Å²) in [5.41, 5.74) is 9.87. The van der Waals surface area contributed by atoms with Gasteiger partial charge in [0.2, 0.25) is 0 Å². The molecule has 1 fully saturated rings. The number of rotatable bonds is 6. The van der Waals surface area contributed by atoms with Crippen LogP contribution in [0.4, 0.5) is 0 Å². The fraction of sp³-hybridized carbons (Fsp3) is 0. The van der Waals surface area contributed by atoms with Gasteiger partial charge in [0.25, 0.3) is 0 Å². The van der Waals surface area contributed by atoms with Crippen LogP contribution in [0, 0.1) is 0 Å². The first-order valence-corrected chi connectivity index (χ1v) is 18.1. The fourth-order valence-electron chi connectivity index (χ4n) is 7.68. The van der Waals surface area contributed by atoms with Crippen LogP contribution in [0.3, 0.4) is 0 Å². The van der Waals surface area contributed by atoms with Crippen molar-refractivity contribution in [2.45, 2.75) is 0 Å². The van der Waals surface area contributed by atoms with Crippen molar-refractivity contribution in [2.24, 2.45) is 0 Å². The zero-order valence-corrected chi connectivity index (χ0v) is 29.2. The second-order valence-electron chi connectivity index (χ2n) is 13.5. The van der Waals surface area contributed by atoms with Crippen molar-refractivity contribution in [2.75, 3.05) is 0 Å². The van der Waals surface area contributed by atoms with Crippen LogP contribution in [0.15, 0.2) is 189 Å². The van der Waals surface area contributed by atoms with E-state index < -0.39 is 0 Å². The number of benzene rings is 3. The van der Waals surface area contributed by atoms with E-state index >= 15 is 0 Å². The van der Waals surface area contributed by atoms with Gasteiger partial charge in [-0.05, 0) is 100 Å². The van der Waals surface area contributed by atoms with Gasteiger partial charge in [-0.15, -0.1) is 0 Å². The summed E-state index contributed by atoms with van der Waals surface area (Å²) in [5.74, 6) is 6.47. The predicted octanol–water partition coefficient (Wildman–Crippen LogP) is 7.80. The molecule has 11 heteroatoms. The first kappa shape index (κ1) is 31.7. The highest BCUT2D eigenvalue weighted by atomic mass is 15.3. The van der Waals surface area contributed by atoms with Crippen LogP contribution >= 0.6 is 0 Å². The molecule has 0 atom stereocenters. The second-order valence-corrected chi connectivity index (χ2v) is 13.5. The molecule has 6 aromatic rings. The predicted molar refractivity (Wildman–Crippen MR) is 219 cm³/mol. The third-order valence-electron chi connectivity index (χ3n) is 10.3. The van der Waals surface area contributed by atoms with Crippen LogP contribution in [0.25, 0.3) is 50.5 Å². The van der Waals surface area contributed by atoms with E-state index in [0.29, 0.717) is 17.5 Å². The average molecular weight is 692 g/mol. The van der Waals surface area contributed by atoms with Crippen LogP contribution in [0.1, 0.15) is 17.0 Å². The van der Waals surface area contributed by atoms with Gasteiger partial charge >= 0.3 is 20.9 Å². The van der Waals surface area contributed by atoms with Gasteiger partial charge in [0.1, 0.15) is 0 Å². The van der Waals surface area contributed by atoms with E-state index in [-0.39, 0.29) is 20.9 Å². The molecule has 0 N–H and O–H groups in total. The summed E-state index contributed by atoms with van der Waals surface area (Å²) in [5, 5.41) is 0. The second kappa shape index (κ2) is 13.5. The Kier molecular flexibility index (Phi) is 7.94. The smallest absolute Gasteiger partial charge is 0.388 e. The lowest BCUT2D eigenvalue weighted by Crippen LogP contribution is -2.74. The summed E-state index contributed by atoms with van der Waals surface area (Å²) >= 11 is 0. The number of aromatic nitrogens is 5. The molecule has 0 saturated carbocycles. The fourth-order valence-corrected chi connectivity index (χ4v) is 7.68. The lowest BCUT2D eigenvalue weighted by molar-refractivity contribution is 0.625. The van der Waals surface area contributed by atoms with E-state index in [1.165, 1.54) is 33.3 Å². The number of allylic oxidation sites excluding steroid dienone is 6. The number of pyridine rings is 2. The third kappa shape index (κ3) is 5.76. The largest absolute Gasteiger partial charge is 0.423 e. The quantitative estimate of drug-likeness (QED) is 0.164. The van der Waals surface area contributed by atoms with E-state index in [9.17, 15) is 0 Å². The van der Waals surface area contributed by atoms with Crippen LogP contribution < -0.4 is 0 Å². The Morgan fingerprint density at radius 1 is 0.426 bits per heavy atom. The summed E-state index contributed by atoms with van der Waals surface area (Å²) in [7, 11) is 0. The lowest BCUT2D eigenvalue weighted by atomic mass is 9.38. The molecule has 0 amide bonds. The van der Waals surface area contributed by atoms with Gasteiger partial charge in [-0.2, -0.15) is 0 Å². The minimum Gasteiger partial charge on any atom is -0.423 e. The molecule has 0 aliphatic carbocycles. The molecule has 4 aliphatic heterocycles.